The Morgan fingerprint density at radius 3 is 1.90 bits per heavy atom. The van der Waals surface area contributed by atoms with Crippen molar-refractivity contribution in [3.8, 4) is 0 Å². The average Bonchev–Trinajstić information content (AvgIpc) is 3.42. The molecule has 1 heterocycles. The van der Waals surface area contributed by atoms with Gasteiger partial charge < -0.3 is 4.90 Å². The molecule has 0 saturated heterocycles. The van der Waals surface area contributed by atoms with E-state index in [1.54, 1.807) is 0 Å². The van der Waals surface area contributed by atoms with Gasteiger partial charge in [0.1, 0.15) is 0 Å². The molecule has 0 aliphatic heterocycles. The Kier molecular flexibility index (Phi) is 5.13. The minimum atomic E-state index is 1.15. The highest BCUT2D eigenvalue weighted by Gasteiger charge is 2.21. The number of benzene rings is 8. The second-order valence-corrected chi connectivity index (χ2v) is 12.0. The van der Waals surface area contributed by atoms with Crippen molar-refractivity contribution in [3.05, 3.63) is 152 Å². The van der Waals surface area contributed by atoms with Crippen LogP contribution in [0, 0.1) is 0 Å². The molecule has 1 nitrogen and oxygen atoms in total. The molecule has 0 atom stereocenters. The van der Waals surface area contributed by atoms with Gasteiger partial charge in [0.15, 0.2) is 0 Å². The average molecular weight is 552 g/mol. The van der Waals surface area contributed by atoms with Crippen LogP contribution in [0.4, 0.5) is 17.1 Å². The highest BCUT2D eigenvalue weighted by molar-refractivity contribution is 7.26. The summed E-state index contributed by atoms with van der Waals surface area (Å²) < 4.78 is 2.62. The van der Waals surface area contributed by atoms with E-state index in [1.165, 1.54) is 74.6 Å². The fourth-order valence-electron chi connectivity index (χ4n) is 6.67. The normalized spacial score (nSPS) is 11.8. The summed E-state index contributed by atoms with van der Waals surface area (Å²) >= 11 is 1.89. The summed E-state index contributed by atoms with van der Waals surface area (Å²) in [4.78, 5) is 2.47. The molecule has 0 bridgehead atoms. The van der Waals surface area contributed by atoms with Crippen molar-refractivity contribution < 1.29 is 0 Å². The minimum Gasteiger partial charge on any atom is -0.308 e. The molecule has 0 N–H and O–H groups in total. The van der Waals surface area contributed by atoms with E-state index in [9.17, 15) is 0 Å². The van der Waals surface area contributed by atoms with Crippen molar-refractivity contribution in [2.75, 3.05) is 4.90 Å². The van der Waals surface area contributed by atoms with Crippen molar-refractivity contribution in [2.45, 2.75) is 0 Å². The van der Waals surface area contributed by atoms with Gasteiger partial charge in [-0.2, -0.15) is 0 Å². The summed E-state index contributed by atoms with van der Waals surface area (Å²) in [5.74, 6) is 0. The van der Waals surface area contributed by atoms with Gasteiger partial charge in [-0.05, 0) is 74.1 Å². The van der Waals surface area contributed by atoms with E-state index >= 15 is 0 Å². The molecule has 9 aromatic rings. The molecule has 0 aliphatic carbocycles. The summed E-state index contributed by atoms with van der Waals surface area (Å²) in [5.41, 5.74) is 3.54. The van der Waals surface area contributed by atoms with E-state index in [0.717, 1.165) is 5.69 Å². The molecule has 0 spiro atoms. The first-order valence-corrected chi connectivity index (χ1v) is 15.2. The highest BCUT2D eigenvalue weighted by Crippen LogP contribution is 2.48. The summed E-state index contributed by atoms with van der Waals surface area (Å²) in [6.45, 7) is 0. The Hall–Kier alpha value is -5.18. The Balaban J connectivity index is 1.39. The lowest BCUT2D eigenvalue weighted by Crippen LogP contribution is -2.10. The van der Waals surface area contributed by atoms with Crippen molar-refractivity contribution >= 4 is 91.7 Å². The Labute approximate surface area is 247 Å². The molecule has 196 valence electrons. The van der Waals surface area contributed by atoms with Crippen LogP contribution in [0.1, 0.15) is 0 Å². The lowest BCUT2D eigenvalue weighted by Gasteiger charge is -2.28. The molecule has 8 aromatic carbocycles. The van der Waals surface area contributed by atoms with Crippen LogP contribution < -0.4 is 4.90 Å². The van der Waals surface area contributed by atoms with Crippen molar-refractivity contribution in [1.29, 1.82) is 0 Å². The number of rotatable bonds is 3. The molecule has 0 unspecified atom stereocenters. The summed E-state index contributed by atoms with van der Waals surface area (Å²) in [5, 5.41) is 12.8. The second kappa shape index (κ2) is 9.17. The molecule has 2 heteroatoms. The summed E-state index contributed by atoms with van der Waals surface area (Å²) in [7, 11) is 0. The second-order valence-electron chi connectivity index (χ2n) is 10.9. The monoisotopic (exact) mass is 551 g/mol. The Bertz CT molecular complexity index is 2470. The van der Waals surface area contributed by atoms with Gasteiger partial charge in [-0.3, -0.25) is 0 Å². The first-order chi connectivity index (χ1) is 20.8. The molecule has 0 fully saturated rings. The fourth-order valence-corrected chi connectivity index (χ4v) is 7.91. The predicted octanol–water partition coefficient (Wildman–Crippen LogP) is 12.1. The van der Waals surface area contributed by atoms with E-state index in [1.807, 2.05) is 11.3 Å². The first kappa shape index (κ1) is 23.5. The van der Waals surface area contributed by atoms with Crippen LogP contribution in [0.25, 0.3) is 63.3 Å². The number of nitrogens with zero attached hydrogens (tertiary/aromatic N) is 1. The van der Waals surface area contributed by atoms with Gasteiger partial charge in [-0.1, -0.05) is 115 Å². The zero-order valence-corrected chi connectivity index (χ0v) is 23.6. The first-order valence-electron chi connectivity index (χ1n) is 14.4. The zero-order valence-electron chi connectivity index (χ0n) is 22.8. The van der Waals surface area contributed by atoms with E-state index in [2.05, 4.69) is 157 Å². The summed E-state index contributed by atoms with van der Waals surface area (Å²) in [6.07, 6.45) is 0. The molecule has 9 rings (SSSR count). The van der Waals surface area contributed by atoms with Gasteiger partial charge >= 0.3 is 0 Å². The van der Waals surface area contributed by atoms with E-state index in [4.69, 9.17) is 0 Å². The third kappa shape index (κ3) is 3.49. The standard InChI is InChI=1S/C40H25NS/c1-2-14-30(15-3-1)41(37-19-9-17-34-35-24-28-11-4-5-12-29(28)25-38(35)42-40(34)37)36-18-8-13-27-21-22-32-31-16-7-6-10-26(31)20-23-33(32)39(27)36/h1-25H. The lowest BCUT2D eigenvalue weighted by atomic mass is 9.95. The van der Waals surface area contributed by atoms with Crippen LogP contribution in [-0.4, -0.2) is 0 Å². The van der Waals surface area contributed by atoms with Gasteiger partial charge in [-0.25, -0.2) is 0 Å². The van der Waals surface area contributed by atoms with E-state index < -0.39 is 0 Å². The molecule has 0 saturated carbocycles. The quantitative estimate of drug-likeness (QED) is 0.197. The molecular weight excluding hydrogens is 527 g/mol. The van der Waals surface area contributed by atoms with E-state index in [0.29, 0.717) is 0 Å². The maximum atomic E-state index is 2.47. The molecule has 0 aliphatic rings. The molecular formula is C40H25NS. The lowest BCUT2D eigenvalue weighted by molar-refractivity contribution is 1.32. The maximum Gasteiger partial charge on any atom is 0.0640 e. The minimum absolute atomic E-state index is 1.15. The zero-order chi connectivity index (χ0) is 27.6. The van der Waals surface area contributed by atoms with Gasteiger partial charge in [-0.15, -0.1) is 11.3 Å². The smallest absolute Gasteiger partial charge is 0.0640 e. The van der Waals surface area contributed by atoms with Crippen LogP contribution in [0.15, 0.2) is 152 Å². The van der Waals surface area contributed by atoms with Crippen LogP contribution in [0.2, 0.25) is 0 Å². The van der Waals surface area contributed by atoms with E-state index in [-0.39, 0.29) is 0 Å². The number of fused-ring (bicyclic) bond motifs is 9. The molecule has 42 heavy (non-hydrogen) atoms. The van der Waals surface area contributed by atoms with Gasteiger partial charge in [0.25, 0.3) is 0 Å². The van der Waals surface area contributed by atoms with Crippen LogP contribution in [-0.2, 0) is 0 Å². The molecule has 0 amide bonds. The third-order valence-electron chi connectivity index (χ3n) is 8.58. The SMILES string of the molecule is c1ccc(N(c2cccc3c2sc2cc4ccccc4cc23)c2cccc3ccc4c5ccccc5ccc4c23)cc1. The largest absolute Gasteiger partial charge is 0.308 e. The Morgan fingerprint density at radius 2 is 1.02 bits per heavy atom. The summed E-state index contributed by atoms with van der Waals surface area (Å²) in [6, 6.07) is 55.5. The van der Waals surface area contributed by atoms with Gasteiger partial charge in [0.05, 0.1) is 16.1 Å². The van der Waals surface area contributed by atoms with Crippen molar-refractivity contribution in [1.82, 2.24) is 0 Å². The highest BCUT2D eigenvalue weighted by atomic mass is 32.1. The topological polar surface area (TPSA) is 3.24 Å². The van der Waals surface area contributed by atoms with Crippen LogP contribution in [0.5, 0.6) is 0 Å². The number of thiophene rings is 1. The van der Waals surface area contributed by atoms with Gasteiger partial charge in [0.2, 0.25) is 0 Å². The maximum absolute atomic E-state index is 2.47. The number of hydrogen-bond donors (Lipinski definition) is 0. The molecule has 1 aromatic heterocycles. The Morgan fingerprint density at radius 1 is 0.381 bits per heavy atom. The van der Waals surface area contributed by atoms with Crippen molar-refractivity contribution in [2.24, 2.45) is 0 Å². The molecule has 0 radical (unpaired) electrons. The number of para-hydroxylation sites is 1. The van der Waals surface area contributed by atoms with Crippen LogP contribution >= 0.6 is 11.3 Å². The predicted molar refractivity (Wildman–Crippen MR) is 184 cm³/mol. The third-order valence-corrected chi connectivity index (χ3v) is 9.78. The fraction of sp³-hybridized carbons (Fsp3) is 0. The van der Waals surface area contributed by atoms with Gasteiger partial charge in [0, 0.05) is 26.5 Å². The number of anilines is 3. The van der Waals surface area contributed by atoms with Crippen molar-refractivity contribution in [3.63, 3.8) is 0 Å². The number of hydrogen-bond acceptors (Lipinski definition) is 2. The van der Waals surface area contributed by atoms with Crippen LogP contribution in [0.3, 0.4) is 0 Å².